The fourth-order valence-corrected chi connectivity index (χ4v) is 2.45. The van der Waals surface area contributed by atoms with Crippen molar-refractivity contribution >= 4 is 5.82 Å². The molecule has 2 atom stereocenters. The average molecular weight is 251 g/mol. The van der Waals surface area contributed by atoms with E-state index >= 15 is 0 Å². The Morgan fingerprint density at radius 2 is 2.33 bits per heavy atom. The molecule has 0 aromatic carbocycles. The minimum atomic E-state index is -0.122. The van der Waals surface area contributed by atoms with Gasteiger partial charge in [-0.25, -0.2) is 4.98 Å². The highest BCUT2D eigenvalue weighted by molar-refractivity contribution is 5.36. The number of H-pyrrole nitrogens is 1. The van der Waals surface area contributed by atoms with Gasteiger partial charge in [0.2, 0.25) is 0 Å². The van der Waals surface area contributed by atoms with Gasteiger partial charge in [-0.2, -0.15) is 0 Å². The Morgan fingerprint density at radius 1 is 1.61 bits per heavy atom. The van der Waals surface area contributed by atoms with Crippen molar-refractivity contribution in [2.24, 2.45) is 5.41 Å². The summed E-state index contributed by atoms with van der Waals surface area (Å²) in [5.74, 6) is 1.27. The first-order chi connectivity index (χ1) is 8.43. The number of aromatic nitrogens is 2. The van der Waals surface area contributed by atoms with E-state index in [1.54, 1.807) is 6.92 Å². The first-order valence-electron chi connectivity index (χ1n) is 6.39. The van der Waals surface area contributed by atoms with Gasteiger partial charge in [0.05, 0.1) is 6.10 Å². The molecule has 1 aromatic heterocycles. The number of aromatic amines is 1. The minimum absolute atomic E-state index is 0.0637. The second-order valence-electron chi connectivity index (χ2n) is 5.41. The third-order valence-corrected chi connectivity index (χ3v) is 3.73. The molecule has 18 heavy (non-hydrogen) atoms. The first-order valence-corrected chi connectivity index (χ1v) is 6.39. The molecule has 1 aliphatic rings. The van der Waals surface area contributed by atoms with Gasteiger partial charge < -0.3 is 15.0 Å². The summed E-state index contributed by atoms with van der Waals surface area (Å²) in [7, 11) is 0. The Morgan fingerprint density at radius 3 is 2.89 bits per heavy atom. The number of hydrogen-bond donors (Lipinski definition) is 2. The standard InChI is InChI=1S/C13H21N3O2/c1-5-18-10-6-9(13(10,3)4)16-11-7-12(17)15-8(2)14-11/h7,9-10H,5-6H2,1-4H3,(H2,14,15,16,17). The van der Waals surface area contributed by atoms with E-state index in [9.17, 15) is 4.79 Å². The summed E-state index contributed by atoms with van der Waals surface area (Å²) >= 11 is 0. The molecule has 1 heterocycles. The van der Waals surface area contributed by atoms with Gasteiger partial charge in [0, 0.05) is 24.1 Å². The predicted molar refractivity (Wildman–Crippen MR) is 70.8 cm³/mol. The number of hydrogen-bond acceptors (Lipinski definition) is 4. The van der Waals surface area contributed by atoms with Crippen LogP contribution in [0.15, 0.2) is 10.9 Å². The van der Waals surface area contributed by atoms with Crippen LogP contribution < -0.4 is 10.9 Å². The minimum Gasteiger partial charge on any atom is -0.378 e. The molecular formula is C13H21N3O2. The fraction of sp³-hybridized carbons (Fsp3) is 0.692. The van der Waals surface area contributed by atoms with Gasteiger partial charge in [-0.15, -0.1) is 0 Å². The zero-order chi connectivity index (χ0) is 13.3. The van der Waals surface area contributed by atoms with Crippen LogP contribution in [0.1, 0.15) is 33.0 Å². The molecule has 0 aliphatic heterocycles. The Bertz CT molecular complexity index is 481. The highest BCUT2D eigenvalue weighted by Crippen LogP contribution is 2.44. The molecule has 0 amide bonds. The monoisotopic (exact) mass is 251 g/mol. The van der Waals surface area contributed by atoms with E-state index in [1.165, 1.54) is 6.07 Å². The maximum Gasteiger partial charge on any atom is 0.252 e. The molecular weight excluding hydrogens is 230 g/mol. The van der Waals surface area contributed by atoms with Gasteiger partial charge in [0.1, 0.15) is 11.6 Å². The Balaban J connectivity index is 2.05. The maximum atomic E-state index is 11.4. The topological polar surface area (TPSA) is 67.0 Å². The van der Waals surface area contributed by atoms with Crippen LogP contribution in [0.2, 0.25) is 0 Å². The SMILES string of the molecule is CCOC1CC(Nc2cc(=O)[nH]c(C)n2)C1(C)C. The third-order valence-electron chi connectivity index (χ3n) is 3.73. The molecule has 2 unspecified atom stereocenters. The van der Waals surface area contributed by atoms with Crippen molar-refractivity contribution in [3.8, 4) is 0 Å². The van der Waals surface area contributed by atoms with E-state index in [0.29, 0.717) is 17.7 Å². The number of nitrogens with one attached hydrogen (secondary N) is 2. The molecule has 1 fully saturated rings. The van der Waals surface area contributed by atoms with Crippen LogP contribution in [0.4, 0.5) is 5.82 Å². The fourth-order valence-electron chi connectivity index (χ4n) is 2.45. The summed E-state index contributed by atoms with van der Waals surface area (Å²) < 4.78 is 5.68. The van der Waals surface area contributed by atoms with E-state index in [0.717, 1.165) is 13.0 Å². The van der Waals surface area contributed by atoms with Gasteiger partial charge in [0.15, 0.2) is 0 Å². The van der Waals surface area contributed by atoms with Crippen molar-refractivity contribution in [2.75, 3.05) is 11.9 Å². The molecule has 0 radical (unpaired) electrons. The van der Waals surface area contributed by atoms with Crippen LogP contribution in [0.25, 0.3) is 0 Å². The van der Waals surface area contributed by atoms with Crippen LogP contribution in [0.3, 0.4) is 0 Å². The quantitative estimate of drug-likeness (QED) is 0.854. The zero-order valence-electron chi connectivity index (χ0n) is 11.4. The Kier molecular flexibility index (Phi) is 3.43. The van der Waals surface area contributed by atoms with Crippen molar-refractivity contribution in [1.82, 2.24) is 9.97 Å². The smallest absolute Gasteiger partial charge is 0.252 e. The second-order valence-corrected chi connectivity index (χ2v) is 5.41. The van der Waals surface area contributed by atoms with Gasteiger partial charge in [0.25, 0.3) is 5.56 Å². The summed E-state index contributed by atoms with van der Waals surface area (Å²) in [5, 5.41) is 3.33. The van der Waals surface area contributed by atoms with E-state index in [4.69, 9.17) is 4.74 Å². The van der Waals surface area contributed by atoms with E-state index in [2.05, 4.69) is 29.1 Å². The molecule has 2 N–H and O–H groups in total. The summed E-state index contributed by atoms with van der Waals surface area (Å²) in [4.78, 5) is 18.3. The van der Waals surface area contributed by atoms with Crippen LogP contribution in [-0.4, -0.2) is 28.7 Å². The number of anilines is 1. The van der Waals surface area contributed by atoms with Crippen molar-refractivity contribution in [3.05, 3.63) is 22.2 Å². The first kappa shape index (κ1) is 13.1. The lowest BCUT2D eigenvalue weighted by Crippen LogP contribution is -2.58. The molecule has 0 bridgehead atoms. The average Bonchev–Trinajstić information content (AvgIpc) is 2.26. The van der Waals surface area contributed by atoms with Crippen molar-refractivity contribution in [3.63, 3.8) is 0 Å². The van der Waals surface area contributed by atoms with Crippen molar-refractivity contribution < 1.29 is 4.74 Å². The van der Waals surface area contributed by atoms with Crippen LogP contribution in [-0.2, 0) is 4.74 Å². The summed E-state index contributed by atoms with van der Waals surface area (Å²) in [6.45, 7) is 8.88. The molecule has 1 aromatic rings. The van der Waals surface area contributed by atoms with Gasteiger partial charge in [-0.3, -0.25) is 4.79 Å². The van der Waals surface area contributed by atoms with E-state index < -0.39 is 0 Å². The third kappa shape index (κ3) is 2.41. The highest BCUT2D eigenvalue weighted by Gasteiger charge is 2.49. The number of nitrogens with zero attached hydrogens (tertiary/aromatic N) is 1. The van der Waals surface area contributed by atoms with E-state index in [1.807, 2.05) is 6.92 Å². The van der Waals surface area contributed by atoms with Crippen molar-refractivity contribution in [1.29, 1.82) is 0 Å². The van der Waals surface area contributed by atoms with Crippen molar-refractivity contribution in [2.45, 2.75) is 46.3 Å². The summed E-state index contributed by atoms with van der Waals surface area (Å²) in [6.07, 6.45) is 1.23. The lowest BCUT2D eigenvalue weighted by atomic mass is 9.64. The van der Waals surface area contributed by atoms with Gasteiger partial charge >= 0.3 is 0 Å². The molecule has 100 valence electrons. The predicted octanol–water partition coefficient (Wildman–Crippen LogP) is 1.69. The molecule has 0 saturated heterocycles. The number of aryl methyl sites for hydroxylation is 1. The molecule has 5 heteroatoms. The largest absolute Gasteiger partial charge is 0.378 e. The molecule has 1 saturated carbocycles. The van der Waals surface area contributed by atoms with Crippen LogP contribution in [0.5, 0.6) is 0 Å². The second kappa shape index (κ2) is 4.72. The molecule has 0 spiro atoms. The Labute approximate surface area is 107 Å². The summed E-state index contributed by atoms with van der Waals surface area (Å²) in [6, 6.07) is 1.79. The lowest BCUT2D eigenvalue weighted by molar-refractivity contribution is -0.0976. The highest BCUT2D eigenvalue weighted by atomic mass is 16.5. The van der Waals surface area contributed by atoms with Crippen LogP contribution in [0, 0.1) is 12.3 Å². The number of ether oxygens (including phenoxy) is 1. The van der Waals surface area contributed by atoms with Gasteiger partial charge in [-0.05, 0) is 20.3 Å². The van der Waals surface area contributed by atoms with Gasteiger partial charge in [-0.1, -0.05) is 13.8 Å². The van der Waals surface area contributed by atoms with E-state index in [-0.39, 0.29) is 17.1 Å². The lowest BCUT2D eigenvalue weighted by Gasteiger charge is -2.51. The molecule has 2 rings (SSSR count). The molecule has 5 nitrogen and oxygen atoms in total. The zero-order valence-corrected chi connectivity index (χ0v) is 11.4. The molecule has 1 aliphatic carbocycles. The van der Waals surface area contributed by atoms with Crippen LogP contribution >= 0.6 is 0 Å². The Hall–Kier alpha value is -1.36. The maximum absolute atomic E-state index is 11.4. The summed E-state index contributed by atoms with van der Waals surface area (Å²) in [5.41, 5.74) is -0.0581. The number of rotatable bonds is 4. The normalized spacial score (nSPS) is 25.6.